The Morgan fingerprint density at radius 1 is 0.935 bits per heavy atom. The van der Waals surface area contributed by atoms with Crippen LogP contribution in [-0.2, 0) is 9.59 Å². The second-order valence-electron chi connectivity index (χ2n) is 11.7. The van der Waals surface area contributed by atoms with Crippen LogP contribution in [0.15, 0.2) is 12.1 Å². The number of likely N-dealkylation sites (tertiary alicyclic amines) is 1. The van der Waals surface area contributed by atoms with Crippen molar-refractivity contribution in [3.05, 3.63) is 22.7 Å². The lowest BCUT2D eigenvalue weighted by Crippen LogP contribution is -2.49. The average Bonchev–Trinajstić information content (AvgIpc) is 3.05. The molecule has 1 aliphatic rings. The molecule has 0 aliphatic carbocycles. The molecule has 262 valence electrons. The van der Waals surface area contributed by atoms with Crippen LogP contribution in [0.1, 0.15) is 74.6 Å². The van der Waals surface area contributed by atoms with Gasteiger partial charge in [-0.1, -0.05) is 24.4 Å². The average molecular weight is 674 g/mol. The summed E-state index contributed by atoms with van der Waals surface area (Å²) in [6.45, 7) is 2.18. The van der Waals surface area contributed by atoms with Gasteiger partial charge in [0, 0.05) is 51.1 Å². The Labute approximate surface area is 275 Å². The number of rotatable bonds is 21. The first-order valence-corrected chi connectivity index (χ1v) is 16.4. The quantitative estimate of drug-likeness (QED) is 0.0619. The number of nitrogens with zero attached hydrogens (tertiary/aromatic N) is 1. The van der Waals surface area contributed by atoms with Crippen LogP contribution in [0, 0.1) is 0 Å². The van der Waals surface area contributed by atoms with Gasteiger partial charge >= 0.3 is 0 Å². The zero-order valence-corrected chi connectivity index (χ0v) is 27.4. The maximum Gasteiger partial charge on any atom is 0.255 e. The molecule has 1 aromatic carbocycles. The highest BCUT2D eigenvalue weighted by atomic mass is 35.5. The summed E-state index contributed by atoms with van der Waals surface area (Å²) >= 11 is 6.10. The van der Waals surface area contributed by atoms with Crippen LogP contribution in [0.3, 0.4) is 0 Å². The fraction of sp³-hybridized carbons (Fsp3) is 0.710. The van der Waals surface area contributed by atoms with Crippen molar-refractivity contribution in [1.29, 1.82) is 0 Å². The molecule has 2 rings (SSSR count). The number of hydrogen-bond acceptors (Lipinski definition) is 11. The lowest BCUT2D eigenvalue weighted by molar-refractivity contribution is -0.126. The molecule has 1 heterocycles. The molecule has 0 spiro atoms. The van der Waals surface area contributed by atoms with Crippen molar-refractivity contribution < 1.29 is 44.7 Å². The Hall–Kier alpha value is -2.72. The molecular formula is C31H52ClN5O9. The van der Waals surface area contributed by atoms with Gasteiger partial charge in [-0.2, -0.15) is 0 Å². The van der Waals surface area contributed by atoms with E-state index in [1.165, 1.54) is 13.2 Å². The number of carbonyl (C=O) groups excluding carboxylic acids is 3. The van der Waals surface area contributed by atoms with Gasteiger partial charge in [0.05, 0.1) is 36.1 Å². The molecule has 1 aromatic rings. The highest BCUT2D eigenvalue weighted by molar-refractivity contribution is 6.33. The number of aliphatic hydroxyl groups is 5. The number of methoxy groups -OCH3 is 1. The molecule has 4 atom stereocenters. The number of nitrogens with two attached hydrogens (primary N) is 1. The molecule has 0 saturated carbocycles. The van der Waals surface area contributed by atoms with Crippen molar-refractivity contribution in [1.82, 2.24) is 20.9 Å². The Kier molecular flexibility index (Phi) is 18.2. The van der Waals surface area contributed by atoms with Gasteiger partial charge in [-0.05, 0) is 51.1 Å². The van der Waals surface area contributed by atoms with Gasteiger partial charge in [0.15, 0.2) is 0 Å². The Morgan fingerprint density at radius 2 is 1.54 bits per heavy atom. The van der Waals surface area contributed by atoms with E-state index in [-0.39, 0.29) is 36.7 Å². The number of carbonyl (C=O) groups is 3. The molecular weight excluding hydrogens is 622 g/mol. The summed E-state index contributed by atoms with van der Waals surface area (Å²) in [6.07, 6.45) is 0.604. The number of unbranched alkanes of at least 4 members (excludes halogenated alkanes) is 4. The minimum atomic E-state index is -1.74. The number of halogens is 1. The molecule has 0 radical (unpaired) electrons. The molecule has 3 amide bonds. The number of amides is 3. The molecule has 46 heavy (non-hydrogen) atoms. The van der Waals surface area contributed by atoms with Gasteiger partial charge in [0.1, 0.15) is 24.1 Å². The third kappa shape index (κ3) is 14.0. The highest BCUT2D eigenvalue weighted by Gasteiger charge is 2.30. The van der Waals surface area contributed by atoms with Crippen molar-refractivity contribution in [2.45, 2.75) is 94.7 Å². The lowest BCUT2D eigenvalue weighted by Gasteiger charge is -2.32. The van der Waals surface area contributed by atoms with Crippen LogP contribution in [0.4, 0.5) is 5.69 Å². The first-order valence-electron chi connectivity index (χ1n) is 16.0. The Bertz CT molecular complexity index is 1090. The van der Waals surface area contributed by atoms with E-state index in [2.05, 4.69) is 20.9 Å². The van der Waals surface area contributed by atoms with E-state index in [0.717, 1.165) is 64.6 Å². The molecule has 0 bridgehead atoms. The molecule has 14 nitrogen and oxygen atoms in total. The van der Waals surface area contributed by atoms with Gasteiger partial charge in [-0.25, -0.2) is 0 Å². The largest absolute Gasteiger partial charge is 0.496 e. The predicted molar refractivity (Wildman–Crippen MR) is 173 cm³/mol. The predicted octanol–water partition coefficient (Wildman–Crippen LogP) is -0.0859. The summed E-state index contributed by atoms with van der Waals surface area (Å²) in [5.74, 6) is -0.163. The van der Waals surface area contributed by atoms with Crippen molar-refractivity contribution in [2.75, 3.05) is 52.2 Å². The second-order valence-corrected chi connectivity index (χ2v) is 12.1. The van der Waals surface area contributed by atoms with E-state index >= 15 is 0 Å². The Morgan fingerprint density at radius 3 is 2.17 bits per heavy atom. The zero-order chi connectivity index (χ0) is 34.1. The van der Waals surface area contributed by atoms with Crippen molar-refractivity contribution in [3.8, 4) is 5.75 Å². The number of aliphatic hydroxyl groups excluding tert-OH is 5. The van der Waals surface area contributed by atoms with E-state index < -0.39 is 31.0 Å². The number of benzene rings is 1. The molecule has 10 N–H and O–H groups in total. The van der Waals surface area contributed by atoms with Crippen LogP contribution in [-0.4, -0.2) is 125 Å². The van der Waals surface area contributed by atoms with E-state index in [4.69, 9.17) is 27.2 Å². The SMILES string of the molecule is COc1cc(N)c(Cl)cc1C(=O)NC1CCN(CCCCCC(=O)NCCCCCC(=O)NC[C@H](O)[C@@H](O)[C@H](O)[C@H](O)CO)CC1. The van der Waals surface area contributed by atoms with Gasteiger partial charge in [0.2, 0.25) is 11.8 Å². The number of nitrogens with one attached hydrogen (secondary N) is 3. The van der Waals surface area contributed by atoms with E-state index in [0.29, 0.717) is 41.4 Å². The summed E-state index contributed by atoms with van der Waals surface area (Å²) < 4.78 is 5.29. The topological polar surface area (TPSA) is 227 Å². The standard InChI is InChI=1S/C31H52ClN5O9/c1-46-26-17-23(33)22(32)16-21(26)31(45)36-20-10-14-37(15-11-20)13-7-3-5-8-27(41)34-12-6-2-4-9-28(42)35-18-24(39)29(43)30(44)25(40)19-38/h16-17,20,24-25,29-30,38-40,43-44H,2-15,18-19,33H2,1H3,(H,34,41)(H,35,42)(H,36,45)/t24-,25+,29+,30+/m0/s1. The maximum absolute atomic E-state index is 12.8. The zero-order valence-electron chi connectivity index (χ0n) is 26.6. The number of ether oxygens (including phenoxy) is 1. The molecule has 0 unspecified atom stereocenters. The molecule has 1 aliphatic heterocycles. The summed E-state index contributed by atoms with van der Waals surface area (Å²) in [5.41, 5.74) is 6.53. The molecule has 1 fully saturated rings. The lowest BCUT2D eigenvalue weighted by atomic mass is 10.0. The van der Waals surface area contributed by atoms with Crippen molar-refractivity contribution in [3.63, 3.8) is 0 Å². The second kappa shape index (κ2) is 21.2. The van der Waals surface area contributed by atoms with Crippen molar-refractivity contribution in [2.24, 2.45) is 0 Å². The van der Waals surface area contributed by atoms with Crippen LogP contribution < -0.4 is 26.4 Å². The van der Waals surface area contributed by atoms with Gasteiger partial charge in [0.25, 0.3) is 5.91 Å². The van der Waals surface area contributed by atoms with Gasteiger partial charge < -0.3 is 56.9 Å². The van der Waals surface area contributed by atoms with Crippen LogP contribution in [0.5, 0.6) is 5.75 Å². The van der Waals surface area contributed by atoms with Gasteiger partial charge in [-0.15, -0.1) is 0 Å². The third-order valence-electron chi connectivity index (χ3n) is 8.10. The normalized spacial score (nSPS) is 16.7. The Balaban J connectivity index is 1.46. The number of hydrogen-bond donors (Lipinski definition) is 9. The van der Waals surface area contributed by atoms with Crippen molar-refractivity contribution >= 4 is 35.0 Å². The van der Waals surface area contributed by atoms with Crippen LogP contribution >= 0.6 is 11.6 Å². The van der Waals surface area contributed by atoms with Crippen LogP contribution in [0.2, 0.25) is 5.02 Å². The van der Waals surface area contributed by atoms with E-state index in [1.54, 1.807) is 6.07 Å². The molecule has 0 aromatic heterocycles. The monoisotopic (exact) mass is 673 g/mol. The molecule has 15 heteroatoms. The fourth-order valence-electron chi connectivity index (χ4n) is 5.17. The number of anilines is 1. The fourth-order valence-corrected chi connectivity index (χ4v) is 5.34. The highest BCUT2D eigenvalue weighted by Crippen LogP contribution is 2.29. The minimum Gasteiger partial charge on any atom is -0.496 e. The first kappa shape index (κ1) is 39.5. The summed E-state index contributed by atoms with van der Waals surface area (Å²) in [6, 6.07) is 3.15. The minimum absolute atomic E-state index is 0.00867. The van der Waals surface area contributed by atoms with E-state index in [9.17, 15) is 34.8 Å². The summed E-state index contributed by atoms with van der Waals surface area (Å²) in [7, 11) is 1.48. The smallest absolute Gasteiger partial charge is 0.255 e. The van der Waals surface area contributed by atoms with E-state index in [1.807, 2.05) is 0 Å². The third-order valence-corrected chi connectivity index (χ3v) is 8.43. The number of piperidine rings is 1. The van der Waals surface area contributed by atoms with Gasteiger partial charge in [-0.3, -0.25) is 14.4 Å². The maximum atomic E-state index is 12.8. The summed E-state index contributed by atoms with van der Waals surface area (Å²) in [5, 5.41) is 56.1. The first-order chi connectivity index (χ1) is 22.0. The number of nitrogen functional groups attached to an aromatic ring is 1. The molecule has 1 saturated heterocycles. The van der Waals surface area contributed by atoms with Crippen LogP contribution in [0.25, 0.3) is 0 Å². The summed E-state index contributed by atoms with van der Waals surface area (Å²) in [4.78, 5) is 39.2.